The molecule has 7 heteroatoms. The minimum Gasteiger partial charge on any atom is -0.497 e. The van der Waals surface area contributed by atoms with Gasteiger partial charge in [0.2, 0.25) is 5.91 Å². The first-order chi connectivity index (χ1) is 16.6. The van der Waals surface area contributed by atoms with Crippen molar-refractivity contribution in [2.45, 2.75) is 31.8 Å². The Balaban J connectivity index is 1.60. The predicted molar refractivity (Wildman–Crippen MR) is 138 cm³/mol. The third-order valence-corrected chi connectivity index (χ3v) is 6.52. The molecule has 3 aromatic carbocycles. The number of carbonyl (C=O) groups is 1. The van der Waals surface area contributed by atoms with Crippen molar-refractivity contribution in [3.63, 3.8) is 0 Å². The van der Waals surface area contributed by atoms with E-state index in [0.717, 1.165) is 52.5 Å². The van der Waals surface area contributed by atoms with E-state index in [9.17, 15) is 4.79 Å². The van der Waals surface area contributed by atoms with Crippen LogP contribution in [0.1, 0.15) is 25.0 Å². The van der Waals surface area contributed by atoms with Gasteiger partial charge in [-0.3, -0.25) is 9.36 Å². The van der Waals surface area contributed by atoms with Gasteiger partial charge in [0.05, 0.1) is 12.9 Å². The number of benzene rings is 3. The molecule has 0 saturated heterocycles. The summed E-state index contributed by atoms with van der Waals surface area (Å²) in [5, 5.41) is 12.7. The molecule has 0 spiro atoms. The highest BCUT2D eigenvalue weighted by atomic mass is 32.2. The minimum atomic E-state index is -0.0638. The van der Waals surface area contributed by atoms with Crippen LogP contribution in [0.4, 0.5) is 5.69 Å². The molecule has 0 bridgehead atoms. The molecule has 0 radical (unpaired) electrons. The number of thioether (sulfide) groups is 1. The van der Waals surface area contributed by atoms with Crippen LogP contribution in [0, 0.1) is 0 Å². The molecule has 0 aliphatic heterocycles. The zero-order valence-electron chi connectivity index (χ0n) is 19.6. The van der Waals surface area contributed by atoms with E-state index in [0.29, 0.717) is 5.16 Å². The zero-order chi connectivity index (χ0) is 23.9. The fraction of sp³-hybridized carbons (Fsp3) is 0.222. The standard InChI is InChI=1S/C27H28N4O2S/c1-4-19-12-9-13-20(5-2)25(19)28-24(32)18-34-27-30-29-26(21-10-7-6-8-11-21)31(27)22-14-16-23(33-3)17-15-22/h6-17H,4-5,18H2,1-3H3,(H,28,32). The zero-order valence-corrected chi connectivity index (χ0v) is 20.4. The van der Waals surface area contributed by atoms with E-state index in [1.807, 2.05) is 65.2 Å². The van der Waals surface area contributed by atoms with Crippen molar-refractivity contribution in [2.75, 3.05) is 18.2 Å². The maximum Gasteiger partial charge on any atom is 0.234 e. The topological polar surface area (TPSA) is 69.0 Å². The smallest absolute Gasteiger partial charge is 0.234 e. The van der Waals surface area contributed by atoms with Crippen molar-refractivity contribution in [3.8, 4) is 22.8 Å². The molecule has 1 N–H and O–H groups in total. The molecule has 0 atom stereocenters. The Hall–Kier alpha value is -3.58. The molecular formula is C27H28N4O2S. The Morgan fingerprint density at radius 2 is 1.59 bits per heavy atom. The molecule has 0 unspecified atom stereocenters. The SMILES string of the molecule is CCc1cccc(CC)c1NC(=O)CSc1nnc(-c2ccccc2)n1-c1ccc(OC)cc1. The first-order valence-electron chi connectivity index (χ1n) is 11.3. The summed E-state index contributed by atoms with van der Waals surface area (Å²) in [7, 11) is 1.64. The van der Waals surface area contributed by atoms with Gasteiger partial charge in [0.15, 0.2) is 11.0 Å². The van der Waals surface area contributed by atoms with Crippen molar-refractivity contribution in [1.82, 2.24) is 14.8 Å². The quantitative estimate of drug-likeness (QED) is 0.312. The number of amides is 1. The number of methoxy groups -OCH3 is 1. The van der Waals surface area contributed by atoms with Crippen LogP contribution < -0.4 is 10.1 Å². The number of nitrogens with one attached hydrogen (secondary N) is 1. The van der Waals surface area contributed by atoms with Crippen molar-refractivity contribution in [1.29, 1.82) is 0 Å². The largest absolute Gasteiger partial charge is 0.497 e. The number of rotatable bonds is 9. The molecule has 0 fully saturated rings. The first-order valence-corrected chi connectivity index (χ1v) is 12.3. The number of aryl methyl sites for hydroxylation is 2. The van der Waals surface area contributed by atoms with Gasteiger partial charge in [-0.25, -0.2) is 0 Å². The van der Waals surface area contributed by atoms with Crippen LogP contribution >= 0.6 is 11.8 Å². The summed E-state index contributed by atoms with van der Waals surface area (Å²) in [6.45, 7) is 4.20. The molecule has 0 aliphatic rings. The molecule has 4 rings (SSSR count). The van der Waals surface area contributed by atoms with Gasteiger partial charge in [0, 0.05) is 16.9 Å². The molecule has 6 nitrogen and oxygen atoms in total. The molecule has 0 aliphatic carbocycles. The van der Waals surface area contributed by atoms with Crippen LogP contribution in [0.15, 0.2) is 78.0 Å². The summed E-state index contributed by atoms with van der Waals surface area (Å²) in [6, 6.07) is 23.8. The van der Waals surface area contributed by atoms with Gasteiger partial charge in [0.25, 0.3) is 0 Å². The maximum atomic E-state index is 12.9. The van der Waals surface area contributed by atoms with Crippen LogP contribution in [0.2, 0.25) is 0 Å². The van der Waals surface area contributed by atoms with Gasteiger partial charge in [-0.05, 0) is 48.2 Å². The highest BCUT2D eigenvalue weighted by Gasteiger charge is 2.18. The molecule has 1 aromatic heterocycles. The second-order valence-electron chi connectivity index (χ2n) is 7.70. The number of para-hydroxylation sites is 1. The summed E-state index contributed by atoms with van der Waals surface area (Å²) in [6.07, 6.45) is 1.73. The Morgan fingerprint density at radius 3 is 2.21 bits per heavy atom. The van der Waals surface area contributed by atoms with Gasteiger partial charge in [0.1, 0.15) is 5.75 Å². The van der Waals surface area contributed by atoms with Gasteiger partial charge in [-0.1, -0.05) is 74.1 Å². The van der Waals surface area contributed by atoms with Crippen LogP contribution in [-0.4, -0.2) is 33.5 Å². The van der Waals surface area contributed by atoms with Gasteiger partial charge in [-0.15, -0.1) is 10.2 Å². The van der Waals surface area contributed by atoms with Crippen LogP contribution in [0.5, 0.6) is 5.75 Å². The number of aromatic nitrogens is 3. The molecule has 1 amide bonds. The average Bonchev–Trinajstić information content (AvgIpc) is 3.32. The minimum absolute atomic E-state index is 0.0638. The molecule has 174 valence electrons. The summed E-state index contributed by atoms with van der Waals surface area (Å²) in [4.78, 5) is 12.9. The molecule has 34 heavy (non-hydrogen) atoms. The Bertz CT molecular complexity index is 1230. The van der Waals surface area contributed by atoms with Gasteiger partial charge >= 0.3 is 0 Å². The first kappa shape index (κ1) is 23.6. The van der Waals surface area contributed by atoms with Crippen molar-refractivity contribution in [2.24, 2.45) is 0 Å². The van der Waals surface area contributed by atoms with E-state index < -0.39 is 0 Å². The van der Waals surface area contributed by atoms with E-state index in [1.54, 1.807) is 7.11 Å². The average molecular weight is 473 g/mol. The molecule has 4 aromatic rings. The second-order valence-corrected chi connectivity index (χ2v) is 8.64. The highest BCUT2D eigenvalue weighted by Crippen LogP contribution is 2.29. The fourth-order valence-electron chi connectivity index (χ4n) is 3.81. The van der Waals surface area contributed by atoms with Crippen molar-refractivity contribution < 1.29 is 9.53 Å². The Morgan fingerprint density at radius 1 is 0.912 bits per heavy atom. The lowest BCUT2D eigenvalue weighted by Gasteiger charge is -2.14. The molecule has 1 heterocycles. The predicted octanol–water partition coefficient (Wildman–Crippen LogP) is 5.80. The fourth-order valence-corrected chi connectivity index (χ4v) is 4.56. The Kier molecular flexibility index (Phi) is 7.65. The number of hydrogen-bond acceptors (Lipinski definition) is 5. The number of carbonyl (C=O) groups excluding carboxylic acids is 1. The molecule has 0 saturated carbocycles. The van der Waals surface area contributed by atoms with Crippen LogP contribution in [-0.2, 0) is 17.6 Å². The van der Waals surface area contributed by atoms with E-state index >= 15 is 0 Å². The van der Waals surface area contributed by atoms with Gasteiger partial charge in [-0.2, -0.15) is 0 Å². The number of hydrogen-bond donors (Lipinski definition) is 1. The van der Waals surface area contributed by atoms with E-state index in [2.05, 4.69) is 41.5 Å². The third kappa shape index (κ3) is 5.15. The summed E-state index contributed by atoms with van der Waals surface area (Å²) in [5.41, 5.74) is 5.07. The van der Waals surface area contributed by atoms with E-state index in [1.165, 1.54) is 11.8 Å². The number of anilines is 1. The van der Waals surface area contributed by atoms with Crippen molar-refractivity contribution in [3.05, 3.63) is 83.9 Å². The molecular weight excluding hydrogens is 444 g/mol. The monoisotopic (exact) mass is 472 g/mol. The lowest BCUT2D eigenvalue weighted by Crippen LogP contribution is -2.17. The van der Waals surface area contributed by atoms with Crippen LogP contribution in [0.25, 0.3) is 17.1 Å². The number of ether oxygens (including phenoxy) is 1. The summed E-state index contributed by atoms with van der Waals surface area (Å²) < 4.78 is 7.28. The lowest BCUT2D eigenvalue weighted by molar-refractivity contribution is -0.113. The number of nitrogens with zero attached hydrogens (tertiary/aromatic N) is 3. The van der Waals surface area contributed by atoms with Gasteiger partial charge < -0.3 is 10.1 Å². The third-order valence-electron chi connectivity index (χ3n) is 5.59. The second kappa shape index (κ2) is 11.0. The van der Waals surface area contributed by atoms with E-state index in [-0.39, 0.29) is 11.7 Å². The highest BCUT2D eigenvalue weighted by molar-refractivity contribution is 7.99. The van der Waals surface area contributed by atoms with Crippen LogP contribution in [0.3, 0.4) is 0 Å². The summed E-state index contributed by atoms with van der Waals surface area (Å²) >= 11 is 1.37. The van der Waals surface area contributed by atoms with E-state index in [4.69, 9.17) is 4.74 Å². The lowest BCUT2D eigenvalue weighted by atomic mass is 10.0. The maximum absolute atomic E-state index is 12.9. The normalized spacial score (nSPS) is 10.8. The van der Waals surface area contributed by atoms with Crippen molar-refractivity contribution >= 4 is 23.4 Å². The Labute approximate surface area is 204 Å². The summed E-state index contributed by atoms with van der Waals surface area (Å²) in [5.74, 6) is 1.65.